The van der Waals surface area contributed by atoms with Gasteiger partial charge in [0.25, 0.3) is 5.91 Å². The molecule has 0 N–H and O–H groups in total. The Hall–Kier alpha value is -1.83. The van der Waals surface area contributed by atoms with Crippen molar-refractivity contribution in [2.24, 2.45) is 0 Å². The van der Waals surface area contributed by atoms with Crippen LogP contribution in [0.3, 0.4) is 0 Å². The largest absolute Gasteiger partial charge is 0.454 e. The van der Waals surface area contributed by atoms with Crippen molar-refractivity contribution >= 4 is 5.91 Å². The molecule has 0 spiro atoms. The number of epoxide rings is 1. The molecular weight excluding hydrogens is 338 g/mol. The maximum Gasteiger partial charge on any atom is 0.254 e. The average molecular weight is 361 g/mol. The number of nitrogens with zero attached hydrogens (tertiary/aromatic N) is 1. The maximum atomic E-state index is 13.0. The quantitative estimate of drug-likeness (QED) is 0.658. The summed E-state index contributed by atoms with van der Waals surface area (Å²) in [6.45, 7) is 6.43. The first-order chi connectivity index (χ1) is 12.3. The van der Waals surface area contributed by atoms with Gasteiger partial charge in [0.1, 0.15) is 5.60 Å². The zero-order chi connectivity index (χ0) is 18.3. The van der Waals surface area contributed by atoms with Gasteiger partial charge >= 0.3 is 0 Å². The number of carbonyl (C=O) groups excluding carboxylic acids is 1. The molecule has 5 rings (SSSR count). The third-order valence-corrected chi connectivity index (χ3v) is 5.73. The van der Waals surface area contributed by atoms with Crippen molar-refractivity contribution in [3.63, 3.8) is 0 Å². The van der Waals surface area contributed by atoms with E-state index in [2.05, 4.69) is 6.92 Å². The Morgan fingerprint density at radius 3 is 2.58 bits per heavy atom. The number of hydrogen-bond donors (Lipinski definition) is 0. The highest BCUT2D eigenvalue weighted by Crippen LogP contribution is 2.53. The summed E-state index contributed by atoms with van der Waals surface area (Å²) in [6, 6.07) is 3.95. The first kappa shape index (κ1) is 16.4. The van der Waals surface area contributed by atoms with E-state index in [9.17, 15) is 4.79 Å². The van der Waals surface area contributed by atoms with Crippen molar-refractivity contribution in [2.75, 3.05) is 13.8 Å². The van der Waals surface area contributed by atoms with E-state index < -0.39 is 17.5 Å². The molecule has 1 aromatic rings. The van der Waals surface area contributed by atoms with Crippen LogP contribution >= 0.6 is 0 Å². The van der Waals surface area contributed by atoms with Gasteiger partial charge in [-0.25, -0.2) is 0 Å². The molecule has 1 unspecified atom stereocenters. The van der Waals surface area contributed by atoms with Crippen LogP contribution in [0.15, 0.2) is 12.1 Å². The van der Waals surface area contributed by atoms with Gasteiger partial charge < -0.3 is 28.6 Å². The van der Waals surface area contributed by atoms with E-state index in [1.54, 1.807) is 11.9 Å². The van der Waals surface area contributed by atoms with Gasteiger partial charge in [-0.15, -0.1) is 0 Å². The molecule has 140 valence electrons. The molecule has 0 aromatic heterocycles. The molecule has 7 nitrogen and oxygen atoms in total. The topological polar surface area (TPSA) is 69.8 Å². The van der Waals surface area contributed by atoms with Crippen molar-refractivity contribution < 1.29 is 28.5 Å². The van der Waals surface area contributed by atoms with Crippen molar-refractivity contribution in [3.8, 4) is 11.5 Å². The van der Waals surface area contributed by atoms with Crippen LogP contribution in [-0.2, 0) is 31.2 Å². The van der Waals surface area contributed by atoms with Gasteiger partial charge in [-0.1, -0.05) is 0 Å². The van der Waals surface area contributed by atoms with Crippen LogP contribution in [0.25, 0.3) is 0 Å². The third-order valence-electron chi connectivity index (χ3n) is 5.73. The molecule has 1 amide bonds. The first-order valence-corrected chi connectivity index (χ1v) is 8.98. The smallest absolute Gasteiger partial charge is 0.254 e. The van der Waals surface area contributed by atoms with Gasteiger partial charge in [0, 0.05) is 20.0 Å². The Morgan fingerprint density at radius 2 is 1.81 bits per heavy atom. The van der Waals surface area contributed by atoms with Crippen LogP contribution in [0.4, 0.5) is 0 Å². The van der Waals surface area contributed by atoms with Gasteiger partial charge in [-0.05, 0) is 44.0 Å². The molecule has 4 atom stereocenters. The number of ether oxygens (including phenoxy) is 5. The summed E-state index contributed by atoms with van der Waals surface area (Å²) in [4.78, 5) is 14.7. The van der Waals surface area contributed by atoms with Crippen molar-refractivity contribution in [3.05, 3.63) is 23.3 Å². The number of benzene rings is 1. The third kappa shape index (κ3) is 2.34. The Kier molecular flexibility index (Phi) is 3.22. The molecule has 2 saturated heterocycles. The Morgan fingerprint density at radius 1 is 1.08 bits per heavy atom. The number of carbonyl (C=O) groups is 1. The highest BCUT2D eigenvalue weighted by atomic mass is 16.8. The summed E-state index contributed by atoms with van der Waals surface area (Å²) >= 11 is 0. The van der Waals surface area contributed by atoms with E-state index in [-0.39, 0.29) is 24.9 Å². The minimum absolute atomic E-state index is 0.0252. The maximum absolute atomic E-state index is 13.0. The lowest BCUT2D eigenvalue weighted by molar-refractivity contribution is -0.161. The van der Waals surface area contributed by atoms with E-state index in [1.165, 1.54) is 0 Å². The average Bonchev–Trinajstić information content (AvgIpc) is 2.92. The van der Waals surface area contributed by atoms with Gasteiger partial charge in [0.2, 0.25) is 6.79 Å². The van der Waals surface area contributed by atoms with E-state index in [1.807, 2.05) is 26.0 Å². The normalized spacial score (nSPS) is 37.0. The lowest BCUT2D eigenvalue weighted by Crippen LogP contribution is -2.43. The minimum Gasteiger partial charge on any atom is -0.454 e. The van der Waals surface area contributed by atoms with Crippen molar-refractivity contribution in [2.45, 2.75) is 63.4 Å². The Labute approximate surface area is 152 Å². The predicted molar refractivity (Wildman–Crippen MR) is 89.7 cm³/mol. The van der Waals surface area contributed by atoms with E-state index in [0.29, 0.717) is 18.7 Å². The summed E-state index contributed by atoms with van der Waals surface area (Å²) in [5, 5.41) is 0. The van der Waals surface area contributed by atoms with Gasteiger partial charge in [-0.2, -0.15) is 0 Å². The number of amides is 1. The van der Waals surface area contributed by atoms with E-state index in [0.717, 1.165) is 16.9 Å². The van der Waals surface area contributed by atoms with Crippen LogP contribution in [-0.4, -0.2) is 48.7 Å². The number of rotatable bonds is 0. The molecule has 0 bridgehead atoms. The Bertz CT molecular complexity index is 792. The van der Waals surface area contributed by atoms with E-state index >= 15 is 0 Å². The summed E-state index contributed by atoms with van der Waals surface area (Å²) < 4.78 is 29.1. The summed E-state index contributed by atoms with van der Waals surface area (Å²) in [6.07, 6.45) is -0.345. The number of likely N-dealkylation sites (N-methyl/N-ethyl adjacent to an activating group) is 1. The highest BCUT2D eigenvalue weighted by Gasteiger charge is 2.59. The second-order valence-corrected chi connectivity index (χ2v) is 8.10. The van der Waals surface area contributed by atoms with Crippen LogP contribution in [0.1, 0.15) is 38.3 Å². The molecular formula is C19H23NO6. The second kappa shape index (κ2) is 5.12. The summed E-state index contributed by atoms with van der Waals surface area (Å²) in [7, 11) is 1.79. The standard InChI is InChI=1S/C19H23NO6/c1-18(2)24-14-7-15-19(3,25-15)11-6-13-12(22-9-23-13)5-10(11)8-20(4)17(21)16(14)26-18/h5-6,14-16H,7-9H2,1-4H3/t14-,15?,16+,19+/m1/s1. The molecule has 7 heteroatoms. The fourth-order valence-corrected chi connectivity index (χ4v) is 4.33. The minimum atomic E-state index is -0.777. The molecule has 26 heavy (non-hydrogen) atoms. The first-order valence-electron chi connectivity index (χ1n) is 8.98. The molecule has 0 radical (unpaired) electrons. The molecule has 2 fully saturated rings. The van der Waals surface area contributed by atoms with Crippen molar-refractivity contribution in [1.29, 1.82) is 0 Å². The summed E-state index contributed by atoms with van der Waals surface area (Å²) in [5.74, 6) is 0.584. The van der Waals surface area contributed by atoms with Crippen LogP contribution in [0.2, 0.25) is 0 Å². The fraction of sp³-hybridized carbons (Fsp3) is 0.632. The lowest BCUT2D eigenvalue weighted by Gasteiger charge is -2.26. The highest BCUT2D eigenvalue weighted by molar-refractivity contribution is 5.82. The van der Waals surface area contributed by atoms with Crippen LogP contribution < -0.4 is 9.47 Å². The zero-order valence-corrected chi connectivity index (χ0v) is 15.4. The lowest BCUT2D eigenvalue weighted by atomic mass is 9.88. The molecule has 4 aliphatic rings. The molecule has 0 saturated carbocycles. The monoisotopic (exact) mass is 361 g/mol. The Balaban J connectivity index is 1.57. The van der Waals surface area contributed by atoms with Gasteiger partial charge in [0.05, 0.1) is 12.2 Å². The predicted octanol–water partition coefficient (Wildman–Crippen LogP) is 1.91. The molecule has 1 aromatic carbocycles. The fourth-order valence-electron chi connectivity index (χ4n) is 4.33. The molecule has 4 heterocycles. The zero-order valence-electron chi connectivity index (χ0n) is 15.4. The number of hydrogen-bond acceptors (Lipinski definition) is 6. The summed E-state index contributed by atoms with van der Waals surface area (Å²) in [5.41, 5.74) is 1.63. The van der Waals surface area contributed by atoms with Crippen LogP contribution in [0, 0.1) is 0 Å². The van der Waals surface area contributed by atoms with E-state index in [4.69, 9.17) is 23.7 Å². The molecule has 0 aliphatic carbocycles. The van der Waals surface area contributed by atoms with Gasteiger partial charge in [-0.3, -0.25) is 4.79 Å². The van der Waals surface area contributed by atoms with Gasteiger partial charge in [0.15, 0.2) is 23.4 Å². The SMILES string of the molecule is CN1Cc2cc3c(cc2[C@]2(C)OC2C[C@H]2OC(C)(C)O[C@@H]2C1=O)OCO3. The van der Waals surface area contributed by atoms with Crippen LogP contribution in [0.5, 0.6) is 11.5 Å². The molecule has 4 aliphatic heterocycles. The number of fused-ring (bicyclic) bond motifs is 5. The second-order valence-electron chi connectivity index (χ2n) is 8.10. The van der Waals surface area contributed by atoms with Crippen molar-refractivity contribution in [1.82, 2.24) is 4.90 Å².